The van der Waals surface area contributed by atoms with Crippen LogP contribution in [0.2, 0.25) is 0 Å². The first-order chi connectivity index (χ1) is 9.15. The van der Waals surface area contributed by atoms with E-state index < -0.39 is 5.91 Å². The maximum absolute atomic E-state index is 10.9. The minimum atomic E-state index is -0.661. The van der Waals surface area contributed by atoms with Crippen LogP contribution in [0.5, 0.6) is 17.2 Å². The monoisotopic (exact) mass is 264 g/mol. The molecule has 0 aliphatic carbocycles. The van der Waals surface area contributed by atoms with Crippen molar-refractivity contribution in [1.29, 1.82) is 5.26 Å². The van der Waals surface area contributed by atoms with E-state index in [2.05, 4.69) is 5.32 Å². The summed E-state index contributed by atoms with van der Waals surface area (Å²) in [5.74, 6) is 1.19. The number of carbonyl (C=O) groups excluding carboxylic acids is 1. The van der Waals surface area contributed by atoms with Gasteiger partial charge in [0.1, 0.15) is 17.2 Å². The quantitative estimate of drug-likeness (QED) is 0.772. The molecule has 0 bridgehead atoms. The van der Waals surface area contributed by atoms with Crippen LogP contribution in [0, 0.1) is 11.3 Å². The molecule has 0 aromatic heterocycles. The highest BCUT2D eigenvalue weighted by Crippen LogP contribution is 2.34. The van der Waals surface area contributed by atoms with Crippen molar-refractivity contribution < 1.29 is 19.0 Å². The average Bonchev–Trinajstić information content (AvgIpc) is 2.46. The molecule has 0 fully saturated rings. The molecule has 0 unspecified atom stereocenters. The average molecular weight is 264 g/mol. The molecule has 19 heavy (non-hydrogen) atoms. The summed E-state index contributed by atoms with van der Waals surface area (Å²) in [5, 5.41) is 10.8. The van der Waals surface area contributed by atoms with Crippen molar-refractivity contribution in [2.45, 2.75) is 6.42 Å². The predicted molar refractivity (Wildman–Crippen MR) is 68.4 cm³/mol. The lowest BCUT2D eigenvalue weighted by atomic mass is 10.1. The second-order valence-corrected chi connectivity index (χ2v) is 3.63. The molecule has 1 aromatic rings. The normalized spacial score (nSPS) is 9.37. The highest BCUT2D eigenvalue weighted by molar-refractivity contribution is 5.91. The van der Waals surface area contributed by atoms with Crippen molar-refractivity contribution in [1.82, 2.24) is 5.32 Å². The summed E-state index contributed by atoms with van der Waals surface area (Å²) < 4.78 is 15.7. The molecule has 0 radical (unpaired) electrons. The van der Waals surface area contributed by atoms with E-state index >= 15 is 0 Å². The Labute approximate surface area is 111 Å². The van der Waals surface area contributed by atoms with Gasteiger partial charge in [-0.3, -0.25) is 4.79 Å². The van der Waals surface area contributed by atoms with Gasteiger partial charge in [0, 0.05) is 24.2 Å². The summed E-state index contributed by atoms with van der Waals surface area (Å²) in [6.45, 7) is 0.325. The van der Waals surface area contributed by atoms with Crippen molar-refractivity contribution in [3.8, 4) is 23.3 Å². The van der Waals surface area contributed by atoms with Crippen LogP contribution in [-0.4, -0.2) is 33.8 Å². The second-order valence-electron chi connectivity index (χ2n) is 3.63. The molecule has 102 valence electrons. The zero-order chi connectivity index (χ0) is 14.3. The van der Waals surface area contributed by atoms with Crippen LogP contribution in [0.25, 0.3) is 0 Å². The molecule has 6 nitrogen and oxygen atoms in total. The summed E-state index contributed by atoms with van der Waals surface area (Å²) >= 11 is 0. The fourth-order valence-electron chi connectivity index (χ4n) is 1.66. The third-order valence-electron chi connectivity index (χ3n) is 2.58. The zero-order valence-corrected chi connectivity index (χ0v) is 11.1. The van der Waals surface area contributed by atoms with E-state index in [-0.39, 0.29) is 0 Å². The van der Waals surface area contributed by atoms with Crippen LogP contribution in [0.15, 0.2) is 12.1 Å². The van der Waals surface area contributed by atoms with E-state index in [0.717, 1.165) is 5.56 Å². The lowest BCUT2D eigenvalue weighted by Crippen LogP contribution is -2.24. The topological polar surface area (TPSA) is 80.6 Å². The number of carbonyl (C=O) groups is 1. The number of nitriles is 1. The fraction of sp³-hybridized carbons (Fsp3) is 0.385. The summed E-state index contributed by atoms with van der Waals surface area (Å²) in [4.78, 5) is 10.9. The Hall–Kier alpha value is -2.42. The Morgan fingerprint density at radius 2 is 1.79 bits per heavy atom. The number of ether oxygens (including phenoxy) is 3. The largest absolute Gasteiger partial charge is 0.496 e. The lowest BCUT2D eigenvalue weighted by molar-refractivity contribution is -0.115. The fourth-order valence-corrected chi connectivity index (χ4v) is 1.66. The van der Waals surface area contributed by atoms with Crippen LogP contribution in [-0.2, 0) is 11.2 Å². The van der Waals surface area contributed by atoms with Crippen LogP contribution in [0.1, 0.15) is 5.56 Å². The Morgan fingerprint density at radius 1 is 1.21 bits per heavy atom. The van der Waals surface area contributed by atoms with Crippen molar-refractivity contribution in [2.75, 3.05) is 27.9 Å². The Morgan fingerprint density at radius 3 is 2.21 bits per heavy atom. The molecule has 0 aliphatic rings. The number of nitrogens with zero attached hydrogens (tertiary/aromatic N) is 1. The van der Waals surface area contributed by atoms with Gasteiger partial charge in [-0.2, -0.15) is 5.26 Å². The Kier molecular flexibility index (Phi) is 5.48. The van der Waals surface area contributed by atoms with Gasteiger partial charge in [-0.25, -0.2) is 0 Å². The molecule has 0 heterocycles. The van der Waals surface area contributed by atoms with E-state index in [1.165, 1.54) is 6.07 Å². The van der Waals surface area contributed by atoms with E-state index in [4.69, 9.17) is 19.5 Å². The third-order valence-corrected chi connectivity index (χ3v) is 2.58. The van der Waals surface area contributed by atoms with Gasteiger partial charge >= 0.3 is 5.91 Å². The number of hydrogen-bond donors (Lipinski definition) is 1. The van der Waals surface area contributed by atoms with Gasteiger partial charge in [0.2, 0.25) is 0 Å². The van der Waals surface area contributed by atoms with Gasteiger partial charge in [-0.05, 0) is 6.42 Å². The number of methoxy groups -OCH3 is 3. The molecule has 0 spiro atoms. The molecule has 0 atom stereocenters. The third kappa shape index (κ3) is 3.78. The van der Waals surface area contributed by atoms with E-state index in [1.807, 2.05) is 0 Å². The minimum Gasteiger partial charge on any atom is -0.496 e. The molecule has 1 rings (SSSR count). The summed E-state index contributed by atoms with van der Waals surface area (Å²) in [6, 6.07) is 4.97. The molecule has 6 heteroatoms. The van der Waals surface area contributed by atoms with E-state index in [9.17, 15) is 4.79 Å². The maximum Gasteiger partial charge on any atom is 0.322 e. The van der Waals surface area contributed by atoms with Gasteiger partial charge in [0.15, 0.2) is 6.07 Å². The van der Waals surface area contributed by atoms with Crippen LogP contribution in [0.3, 0.4) is 0 Å². The van der Waals surface area contributed by atoms with Gasteiger partial charge in [0.05, 0.1) is 21.3 Å². The molecule has 1 N–H and O–H groups in total. The number of rotatable bonds is 6. The first-order valence-electron chi connectivity index (χ1n) is 5.63. The smallest absolute Gasteiger partial charge is 0.322 e. The second kappa shape index (κ2) is 7.11. The molecule has 0 aliphatic heterocycles. The molecule has 0 saturated heterocycles. The van der Waals surface area contributed by atoms with Gasteiger partial charge in [-0.1, -0.05) is 0 Å². The Balaban J connectivity index is 2.91. The number of amides is 1. The van der Waals surface area contributed by atoms with Gasteiger partial charge in [-0.15, -0.1) is 0 Å². The van der Waals surface area contributed by atoms with Crippen LogP contribution < -0.4 is 19.5 Å². The van der Waals surface area contributed by atoms with Crippen LogP contribution >= 0.6 is 0 Å². The first-order valence-corrected chi connectivity index (χ1v) is 5.63. The molecule has 1 amide bonds. The van der Waals surface area contributed by atoms with Crippen molar-refractivity contribution in [3.63, 3.8) is 0 Å². The van der Waals surface area contributed by atoms with Crippen molar-refractivity contribution in [3.05, 3.63) is 17.7 Å². The highest BCUT2D eigenvalue weighted by atomic mass is 16.5. The van der Waals surface area contributed by atoms with Crippen molar-refractivity contribution in [2.24, 2.45) is 0 Å². The molecular weight excluding hydrogens is 248 g/mol. The van der Waals surface area contributed by atoms with Crippen molar-refractivity contribution >= 4 is 5.91 Å². The number of hydrogen-bond acceptors (Lipinski definition) is 5. The van der Waals surface area contributed by atoms with Gasteiger partial charge < -0.3 is 19.5 Å². The molecule has 1 aromatic carbocycles. The Bertz CT molecular complexity index is 469. The summed E-state index contributed by atoms with van der Waals surface area (Å²) in [5.41, 5.74) is 0.809. The molecular formula is C13H16N2O4. The highest BCUT2D eigenvalue weighted by Gasteiger charge is 2.13. The maximum atomic E-state index is 10.9. The summed E-state index contributed by atoms with van der Waals surface area (Å²) in [6.07, 6.45) is 0.490. The first kappa shape index (κ1) is 14.6. The molecule has 0 saturated carbocycles. The number of nitrogens with one attached hydrogen (secondary N) is 1. The van der Waals surface area contributed by atoms with Crippen LogP contribution in [0.4, 0.5) is 0 Å². The number of benzene rings is 1. The van der Waals surface area contributed by atoms with Gasteiger partial charge in [0.25, 0.3) is 0 Å². The van der Waals surface area contributed by atoms with E-state index in [0.29, 0.717) is 30.2 Å². The SMILES string of the molecule is COc1cc(OC)c(CCNC(=O)C#N)c(OC)c1. The van der Waals surface area contributed by atoms with E-state index in [1.54, 1.807) is 33.5 Å². The minimum absolute atomic E-state index is 0.325. The summed E-state index contributed by atoms with van der Waals surface area (Å²) in [7, 11) is 4.65. The predicted octanol–water partition coefficient (Wildman–Crippen LogP) is 0.895. The standard InChI is InChI=1S/C13H16N2O4/c1-17-9-6-11(18-2)10(12(7-9)19-3)4-5-15-13(16)8-14/h6-7H,4-5H2,1-3H3,(H,15,16). The lowest BCUT2D eigenvalue weighted by Gasteiger charge is -2.14. The zero-order valence-electron chi connectivity index (χ0n) is 11.1.